The van der Waals surface area contributed by atoms with Crippen molar-refractivity contribution in [1.82, 2.24) is 10.3 Å². The molecule has 0 spiro atoms. The molecule has 2 rings (SSSR count). The third-order valence-electron chi connectivity index (χ3n) is 2.89. The molecule has 0 radical (unpaired) electrons. The van der Waals surface area contributed by atoms with E-state index in [-0.39, 0.29) is 11.6 Å². The summed E-state index contributed by atoms with van der Waals surface area (Å²) in [4.78, 5) is 4.26. The van der Waals surface area contributed by atoms with E-state index in [0.717, 1.165) is 17.0 Å². The molecule has 0 saturated carbocycles. The molecule has 0 saturated heterocycles. The number of ether oxygens (including phenoxy) is 1. The maximum absolute atomic E-state index is 13.5. The van der Waals surface area contributed by atoms with Gasteiger partial charge in [-0.1, -0.05) is 6.07 Å². The summed E-state index contributed by atoms with van der Waals surface area (Å²) in [5.41, 5.74) is 1.74. The molecular formula is C14H17FN2O2. The van der Waals surface area contributed by atoms with Gasteiger partial charge in [0.15, 0.2) is 11.6 Å². The van der Waals surface area contributed by atoms with Crippen LogP contribution in [0.15, 0.2) is 22.6 Å². The Labute approximate surface area is 111 Å². The highest BCUT2D eigenvalue weighted by Gasteiger charge is 2.06. The standard InChI is InChI=1S/C14H17FN2O2/c1-9-10(2)19-14(17-9)8-16-7-11-4-5-13(18-3)12(15)6-11/h4-6,16H,7-8H2,1-3H3. The van der Waals surface area contributed by atoms with Gasteiger partial charge in [0.25, 0.3) is 0 Å². The highest BCUT2D eigenvalue weighted by atomic mass is 19.1. The highest BCUT2D eigenvalue weighted by Crippen LogP contribution is 2.17. The SMILES string of the molecule is COc1ccc(CNCc2nc(C)c(C)o2)cc1F. The van der Waals surface area contributed by atoms with Gasteiger partial charge in [0, 0.05) is 6.54 Å². The van der Waals surface area contributed by atoms with Crippen LogP contribution in [-0.4, -0.2) is 12.1 Å². The fourth-order valence-electron chi connectivity index (χ4n) is 1.75. The number of oxazole rings is 1. The van der Waals surface area contributed by atoms with Crippen molar-refractivity contribution in [3.8, 4) is 5.75 Å². The molecule has 0 unspecified atom stereocenters. The summed E-state index contributed by atoms with van der Waals surface area (Å²) < 4.78 is 23.8. The van der Waals surface area contributed by atoms with Crippen LogP contribution in [0.4, 0.5) is 4.39 Å². The Hall–Kier alpha value is -1.88. The second-order valence-electron chi connectivity index (χ2n) is 4.32. The Morgan fingerprint density at radius 2 is 2.11 bits per heavy atom. The molecule has 0 aliphatic heterocycles. The van der Waals surface area contributed by atoms with Crippen LogP contribution in [0.5, 0.6) is 5.75 Å². The number of hydrogen-bond donors (Lipinski definition) is 1. The van der Waals surface area contributed by atoms with Gasteiger partial charge in [0.05, 0.1) is 19.3 Å². The smallest absolute Gasteiger partial charge is 0.208 e. The van der Waals surface area contributed by atoms with E-state index < -0.39 is 0 Å². The summed E-state index contributed by atoms with van der Waals surface area (Å²) in [5.74, 6) is 1.36. The molecule has 102 valence electrons. The first-order valence-corrected chi connectivity index (χ1v) is 6.06. The first-order chi connectivity index (χ1) is 9.10. The number of methoxy groups -OCH3 is 1. The number of nitrogens with one attached hydrogen (secondary N) is 1. The van der Waals surface area contributed by atoms with Crippen molar-refractivity contribution >= 4 is 0 Å². The van der Waals surface area contributed by atoms with Crippen LogP contribution in [0.25, 0.3) is 0 Å². The second-order valence-corrected chi connectivity index (χ2v) is 4.32. The Kier molecular flexibility index (Phi) is 4.16. The van der Waals surface area contributed by atoms with Gasteiger partial charge in [-0.05, 0) is 31.5 Å². The predicted molar refractivity (Wildman–Crippen MR) is 69.5 cm³/mol. The lowest BCUT2D eigenvalue weighted by molar-refractivity contribution is 0.386. The van der Waals surface area contributed by atoms with E-state index in [1.54, 1.807) is 6.07 Å². The van der Waals surface area contributed by atoms with Crippen LogP contribution in [0.1, 0.15) is 22.9 Å². The molecule has 0 aliphatic rings. The third kappa shape index (κ3) is 3.32. The Balaban J connectivity index is 1.90. The van der Waals surface area contributed by atoms with Crippen LogP contribution in [0, 0.1) is 19.7 Å². The molecule has 19 heavy (non-hydrogen) atoms. The number of rotatable bonds is 5. The number of benzene rings is 1. The minimum atomic E-state index is -0.357. The van der Waals surface area contributed by atoms with Crippen molar-refractivity contribution in [1.29, 1.82) is 0 Å². The lowest BCUT2D eigenvalue weighted by atomic mass is 10.2. The van der Waals surface area contributed by atoms with Crippen LogP contribution in [0.3, 0.4) is 0 Å². The normalized spacial score (nSPS) is 10.7. The molecule has 0 fully saturated rings. The quantitative estimate of drug-likeness (QED) is 0.902. The van der Waals surface area contributed by atoms with E-state index in [4.69, 9.17) is 9.15 Å². The molecule has 0 aliphatic carbocycles. The van der Waals surface area contributed by atoms with Crippen molar-refractivity contribution in [3.05, 3.63) is 46.9 Å². The summed E-state index contributed by atoms with van der Waals surface area (Å²) >= 11 is 0. The van der Waals surface area contributed by atoms with Gasteiger partial charge in [-0.2, -0.15) is 0 Å². The highest BCUT2D eigenvalue weighted by molar-refractivity contribution is 5.29. The molecule has 0 atom stereocenters. The van der Waals surface area contributed by atoms with E-state index in [9.17, 15) is 4.39 Å². The Morgan fingerprint density at radius 3 is 2.68 bits per heavy atom. The van der Waals surface area contributed by atoms with Crippen LogP contribution in [-0.2, 0) is 13.1 Å². The van der Waals surface area contributed by atoms with Crippen LogP contribution >= 0.6 is 0 Å². The molecular weight excluding hydrogens is 247 g/mol. The molecule has 1 N–H and O–H groups in total. The minimum Gasteiger partial charge on any atom is -0.494 e. The number of aryl methyl sites for hydroxylation is 2. The summed E-state index contributed by atoms with van der Waals surface area (Å²) in [5, 5.41) is 3.16. The van der Waals surface area contributed by atoms with E-state index in [0.29, 0.717) is 19.0 Å². The summed E-state index contributed by atoms with van der Waals surface area (Å²) in [6.45, 7) is 4.84. The van der Waals surface area contributed by atoms with Crippen molar-refractivity contribution in [2.24, 2.45) is 0 Å². The summed E-state index contributed by atoms with van der Waals surface area (Å²) in [7, 11) is 1.45. The monoisotopic (exact) mass is 264 g/mol. The maximum Gasteiger partial charge on any atom is 0.208 e. The molecule has 1 aromatic heterocycles. The minimum absolute atomic E-state index is 0.253. The fourth-order valence-corrected chi connectivity index (χ4v) is 1.75. The predicted octanol–water partition coefficient (Wildman–Crippen LogP) is 2.73. The molecule has 4 nitrogen and oxygen atoms in total. The Bertz CT molecular complexity index is 547. The van der Waals surface area contributed by atoms with Crippen molar-refractivity contribution in [3.63, 3.8) is 0 Å². The van der Waals surface area contributed by atoms with Gasteiger partial charge in [-0.3, -0.25) is 0 Å². The Morgan fingerprint density at radius 1 is 1.32 bits per heavy atom. The second kappa shape index (κ2) is 5.84. The topological polar surface area (TPSA) is 47.3 Å². The van der Waals surface area contributed by atoms with Crippen LogP contribution in [0.2, 0.25) is 0 Å². The molecule has 0 amide bonds. The van der Waals surface area contributed by atoms with E-state index in [1.165, 1.54) is 13.2 Å². The van der Waals surface area contributed by atoms with Gasteiger partial charge in [0.1, 0.15) is 5.76 Å². The number of nitrogens with zero attached hydrogens (tertiary/aromatic N) is 1. The largest absolute Gasteiger partial charge is 0.494 e. The van der Waals surface area contributed by atoms with E-state index >= 15 is 0 Å². The maximum atomic E-state index is 13.5. The van der Waals surface area contributed by atoms with Crippen LogP contribution < -0.4 is 10.1 Å². The number of aromatic nitrogens is 1. The fraction of sp³-hybridized carbons (Fsp3) is 0.357. The molecule has 2 aromatic rings. The zero-order valence-electron chi connectivity index (χ0n) is 11.3. The average Bonchev–Trinajstić information content (AvgIpc) is 2.69. The van der Waals surface area contributed by atoms with Gasteiger partial charge >= 0.3 is 0 Å². The number of hydrogen-bond acceptors (Lipinski definition) is 4. The summed E-state index contributed by atoms with van der Waals surface area (Å²) in [6.07, 6.45) is 0. The van der Waals surface area contributed by atoms with Crippen molar-refractivity contribution < 1.29 is 13.5 Å². The zero-order valence-corrected chi connectivity index (χ0v) is 11.3. The molecule has 0 bridgehead atoms. The van der Waals surface area contributed by atoms with Crippen molar-refractivity contribution in [2.45, 2.75) is 26.9 Å². The van der Waals surface area contributed by atoms with Crippen molar-refractivity contribution in [2.75, 3.05) is 7.11 Å². The van der Waals surface area contributed by atoms with Gasteiger partial charge in [-0.25, -0.2) is 9.37 Å². The first kappa shape index (κ1) is 13.5. The van der Waals surface area contributed by atoms with Gasteiger partial charge in [-0.15, -0.1) is 0 Å². The zero-order chi connectivity index (χ0) is 13.8. The summed E-state index contributed by atoms with van der Waals surface area (Å²) in [6, 6.07) is 4.89. The molecule has 1 aromatic carbocycles. The molecule has 5 heteroatoms. The first-order valence-electron chi connectivity index (χ1n) is 6.06. The number of halogens is 1. The average molecular weight is 264 g/mol. The van der Waals surface area contributed by atoms with Gasteiger partial charge in [0.2, 0.25) is 5.89 Å². The molecule has 1 heterocycles. The van der Waals surface area contributed by atoms with Gasteiger partial charge < -0.3 is 14.5 Å². The lowest BCUT2D eigenvalue weighted by Crippen LogP contribution is -2.13. The lowest BCUT2D eigenvalue weighted by Gasteiger charge is -2.05. The van der Waals surface area contributed by atoms with E-state index in [2.05, 4.69) is 10.3 Å². The van der Waals surface area contributed by atoms with E-state index in [1.807, 2.05) is 19.9 Å². The third-order valence-corrected chi connectivity index (χ3v) is 2.89.